The Morgan fingerprint density at radius 2 is 1.72 bits per heavy atom. The van der Waals surface area contributed by atoms with Crippen molar-refractivity contribution in [2.75, 3.05) is 11.9 Å². The molecule has 2 aromatic carbocycles. The normalized spacial score (nSPS) is 10.3. The molecule has 25 heavy (non-hydrogen) atoms. The summed E-state index contributed by atoms with van der Waals surface area (Å²) >= 11 is 0. The number of para-hydroxylation sites is 1. The van der Waals surface area contributed by atoms with Crippen LogP contribution in [0.3, 0.4) is 0 Å². The van der Waals surface area contributed by atoms with Gasteiger partial charge in [0, 0.05) is 25.5 Å². The maximum Gasteiger partial charge on any atom is 0.253 e. The number of rotatable bonds is 5. The van der Waals surface area contributed by atoms with Crippen LogP contribution in [0, 0.1) is 6.92 Å². The van der Waals surface area contributed by atoms with Gasteiger partial charge in [0.25, 0.3) is 5.91 Å². The van der Waals surface area contributed by atoms with Crippen molar-refractivity contribution in [3.05, 3.63) is 89.7 Å². The topological polar surface area (TPSA) is 45.2 Å². The number of amides is 1. The highest BCUT2D eigenvalue weighted by molar-refractivity contribution is 5.94. The highest BCUT2D eigenvalue weighted by Gasteiger charge is 2.10. The first kappa shape index (κ1) is 16.7. The van der Waals surface area contributed by atoms with E-state index >= 15 is 0 Å². The molecule has 0 unspecified atom stereocenters. The van der Waals surface area contributed by atoms with Crippen LogP contribution in [0.4, 0.5) is 11.4 Å². The minimum absolute atomic E-state index is 0.126. The summed E-state index contributed by atoms with van der Waals surface area (Å²) < 4.78 is 0. The molecule has 0 saturated heterocycles. The summed E-state index contributed by atoms with van der Waals surface area (Å²) in [5, 5.41) is 2.96. The highest BCUT2D eigenvalue weighted by Crippen LogP contribution is 2.23. The van der Waals surface area contributed by atoms with Crippen LogP contribution in [0.2, 0.25) is 0 Å². The van der Waals surface area contributed by atoms with Crippen molar-refractivity contribution >= 4 is 17.3 Å². The second-order valence-electron chi connectivity index (χ2n) is 5.94. The SMILES string of the molecule is Cc1ccccc1CNC(=O)c1cncc(N(C)c2ccccc2)c1. The van der Waals surface area contributed by atoms with Crippen molar-refractivity contribution in [3.63, 3.8) is 0 Å². The third-order valence-corrected chi connectivity index (χ3v) is 4.22. The number of anilines is 2. The number of aromatic nitrogens is 1. The van der Waals surface area contributed by atoms with Crippen LogP contribution in [0.15, 0.2) is 73.1 Å². The largest absolute Gasteiger partial charge is 0.348 e. The number of hydrogen-bond acceptors (Lipinski definition) is 3. The Kier molecular flexibility index (Phi) is 5.09. The van der Waals surface area contributed by atoms with E-state index in [1.165, 1.54) is 5.56 Å². The van der Waals surface area contributed by atoms with Gasteiger partial charge in [0.1, 0.15) is 0 Å². The van der Waals surface area contributed by atoms with Crippen LogP contribution in [-0.2, 0) is 6.54 Å². The average Bonchev–Trinajstić information content (AvgIpc) is 2.67. The Bertz CT molecular complexity index is 862. The van der Waals surface area contributed by atoms with Gasteiger partial charge in [-0.1, -0.05) is 42.5 Å². The van der Waals surface area contributed by atoms with Crippen LogP contribution in [-0.4, -0.2) is 17.9 Å². The molecule has 0 radical (unpaired) electrons. The fourth-order valence-electron chi connectivity index (χ4n) is 2.62. The fourth-order valence-corrected chi connectivity index (χ4v) is 2.62. The summed E-state index contributed by atoms with van der Waals surface area (Å²) in [4.78, 5) is 18.7. The van der Waals surface area contributed by atoms with E-state index < -0.39 is 0 Å². The lowest BCUT2D eigenvalue weighted by atomic mass is 10.1. The van der Waals surface area contributed by atoms with Crippen LogP contribution in [0.1, 0.15) is 21.5 Å². The van der Waals surface area contributed by atoms with E-state index in [1.54, 1.807) is 12.4 Å². The maximum absolute atomic E-state index is 12.5. The Balaban J connectivity index is 1.72. The first-order chi connectivity index (χ1) is 12.1. The standard InChI is InChI=1S/C21H21N3O/c1-16-8-6-7-9-17(16)14-23-21(25)18-12-20(15-22-13-18)24(2)19-10-4-3-5-11-19/h3-13,15H,14H2,1-2H3,(H,23,25). The van der Waals surface area contributed by atoms with Crippen LogP contribution in [0.25, 0.3) is 0 Å². The summed E-state index contributed by atoms with van der Waals surface area (Å²) in [6, 6.07) is 19.9. The summed E-state index contributed by atoms with van der Waals surface area (Å²) in [6.07, 6.45) is 3.35. The van der Waals surface area contributed by atoms with E-state index in [0.29, 0.717) is 12.1 Å². The molecule has 0 fully saturated rings. The van der Waals surface area contributed by atoms with Gasteiger partial charge in [0.2, 0.25) is 0 Å². The zero-order chi connectivity index (χ0) is 17.6. The number of carbonyl (C=O) groups is 1. The van der Waals surface area contributed by atoms with Crippen LogP contribution in [0.5, 0.6) is 0 Å². The van der Waals surface area contributed by atoms with Crippen molar-refractivity contribution in [3.8, 4) is 0 Å². The van der Waals surface area contributed by atoms with E-state index in [-0.39, 0.29) is 5.91 Å². The predicted octanol–water partition coefficient (Wildman–Crippen LogP) is 4.09. The second-order valence-corrected chi connectivity index (χ2v) is 5.94. The first-order valence-electron chi connectivity index (χ1n) is 8.21. The third-order valence-electron chi connectivity index (χ3n) is 4.22. The number of nitrogens with zero attached hydrogens (tertiary/aromatic N) is 2. The van der Waals surface area contributed by atoms with Crippen molar-refractivity contribution in [1.29, 1.82) is 0 Å². The van der Waals surface area contributed by atoms with Gasteiger partial charge in [-0.15, -0.1) is 0 Å². The lowest BCUT2D eigenvalue weighted by Gasteiger charge is -2.19. The Hall–Kier alpha value is -3.14. The molecule has 0 aliphatic carbocycles. The van der Waals surface area contributed by atoms with E-state index in [9.17, 15) is 4.79 Å². The zero-order valence-corrected chi connectivity index (χ0v) is 14.4. The predicted molar refractivity (Wildman–Crippen MR) is 101 cm³/mol. The maximum atomic E-state index is 12.5. The molecular formula is C21H21N3O. The lowest BCUT2D eigenvalue weighted by molar-refractivity contribution is 0.0950. The van der Waals surface area contributed by atoms with Gasteiger partial charge in [-0.2, -0.15) is 0 Å². The molecule has 0 saturated carbocycles. The summed E-state index contributed by atoms with van der Waals surface area (Å²) in [5.74, 6) is -0.126. The Morgan fingerprint density at radius 3 is 2.48 bits per heavy atom. The molecule has 4 heteroatoms. The molecule has 0 atom stereocenters. The van der Waals surface area contributed by atoms with E-state index in [4.69, 9.17) is 0 Å². The number of hydrogen-bond donors (Lipinski definition) is 1. The van der Waals surface area contributed by atoms with E-state index in [0.717, 1.165) is 16.9 Å². The minimum atomic E-state index is -0.126. The fraction of sp³-hybridized carbons (Fsp3) is 0.143. The van der Waals surface area contributed by atoms with E-state index in [2.05, 4.69) is 10.3 Å². The van der Waals surface area contributed by atoms with Crippen molar-refractivity contribution in [1.82, 2.24) is 10.3 Å². The molecule has 1 amide bonds. The van der Waals surface area contributed by atoms with Crippen molar-refractivity contribution in [2.45, 2.75) is 13.5 Å². The van der Waals surface area contributed by atoms with Gasteiger partial charge in [0.15, 0.2) is 0 Å². The molecule has 1 heterocycles. The van der Waals surface area contributed by atoms with Crippen LogP contribution >= 0.6 is 0 Å². The van der Waals surface area contributed by atoms with Gasteiger partial charge in [-0.25, -0.2) is 0 Å². The van der Waals surface area contributed by atoms with Gasteiger partial charge >= 0.3 is 0 Å². The number of aryl methyl sites for hydroxylation is 1. The molecule has 0 bridgehead atoms. The molecule has 4 nitrogen and oxygen atoms in total. The summed E-state index contributed by atoms with van der Waals surface area (Å²) in [7, 11) is 1.96. The van der Waals surface area contributed by atoms with Crippen LogP contribution < -0.4 is 10.2 Å². The van der Waals surface area contributed by atoms with Crippen molar-refractivity contribution < 1.29 is 4.79 Å². The highest BCUT2D eigenvalue weighted by atomic mass is 16.1. The number of nitrogens with one attached hydrogen (secondary N) is 1. The minimum Gasteiger partial charge on any atom is -0.348 e. The smallest absolute Gasteiger partial charge is 0.253 e. The quantitative estimate of drug-likeness (QED) is 0.766. The molecular weight excluding hydrogens is 310 g/mol. The third kappa shape index (κ3) is 4.04. The number of carbonyl (C=O) groups excluding carboxylic acids is 1. The van der Waals surface area contributed by atoms with E-state index in [1.807, 2.05) is 79.5 Å². The Labute approximate surface area is 148 Å². The molecule has 0 aliphatic rings. The first-order valence-corrected chi connectivity index (χ1v) is 8.21. The molecule has 0 spiro atoms. The summed E-state index contributed by atoms with van der Waals surface area (Å²) in [6.45, 7) is 2.54. The number of benzene rings is 2. The van der Waals surface area contributed by atoms with Gasteiger partial charge in [-0.3, -0.25) is 9.78 Å². The second kappa shape index (κ2) is 7.62. The number of pyridine rings is 1. The molecule has 3 rings (SSSR count). The Morgan fingerprint density at radius 1 is 1.00 bits per heavy atom. The molecule has 3 aromatic rings. The lowest BCUT2D eigenvalue weighted by Crippen LogP contribution is -2.23. The monoisotopic (exact) mass is 331 g/mol. The van der Waals surface area contributed by atoms with Gasteiger partial charge in [0.05, 0.1) is 17.4 Å². The van der Waals surface area contributed by atoms with Gasteiger partial charge < -0.3 is 10.2 Å². The van der Waals surface area contributed by atoms with Crippen molar-refractivity contribution in [2.24, 2.45) is 0 Å². The molecule has 1 N–H and O–H groups in total. The molecule has 126 valence electrons. The zero-order valence-electron chi connectivity index (χ0n) is 14.4. The summed E-state index contributed by atoms with van der Waals surface area (Å²) in [5.41, 5.74) is 4.74. The molecule has 1 aromatic heterocycles. The molecule has 0 aliphatic heterocycles. The average molecular weight is 331 g/mol. The van der Waals surface area contributed by atoms with Gasteiger partial charge in [-0.05, 0) is 36.2 Å².